The highest BCUT2D eigenvalue weighted by Gasteiger charge is 2.47. The zero-order valence-corrected chi connectivity index (χ0v) is 29.1. The van der Waals surface area contributed by atoms with Crippen molar-refractivity contribution in [2.24, 2.45) is 0 Å². The lowest BCUT2D eigenvalue weighted by atomic mass is 10.00. The van der Waals surface area contributed by atoms with Gasteiger partial charge in [-0.3, -0.25) is 10.1 Å². The molecule has 8 aromatic carbocycles. The predicted octanol–water partition coefficient (Wildman–Crippen LogP) is 9.59. The van der Waals surface area contributed by atoms with Gasteiger partial charge in [-0.15, -0.1) is 0 Å². The first-order valence-corrected chi connectivity index (χ1v) is 19.1. The second-order valence-electron chi connectivity index (χ2n) is 13.0. The molecule has 1 heterocycles. The van der Waals surface area contributed by atoms with E-state index in [1.54, 1.807) is 12.1 Å². The fraction of sp³-hybridized carbons (Fsp3) is 0.0217. The summed E-state index contributed by atoms with van der Waals surface area (Å²) in [6.07, 6.45) is 0. The van der Waals surface area contributed by atoms with Gasteiger partial charge in [0, 0.05) is 35.0 Å². The fourth-order valence-electron chi connectivity index (χ4n) is 7.73. The third-order valence-corrected chi connectivity index (χ3v) is 14.3. The van der Waals surface area contributed by atoms with Crippen LogP contribution < -0.4 is 21.2 Å². The molecule has 0 fully saturated rings. The Hall–Kier alpha value is -6.42. The highest BCUT2D eigenvalue weighted by Crippen LogP contribution is 2.54. The summed E-state index contributed by atoms with van der Waals surface area (Å²) in [5.74, 6) is 0.851. The monoisotopic (exact) mass is 690 g/mol. The van der Waals surface area contributed by atoms with Crippen LogP contribution in [0.25, 0.3) is 44.0 Å². The molecule has 0 unspecified atom stereocenters. The second-order valence-corrected chi connectivity index (χ2v) is 16.4. The summed E-state index contributed by atoms with van der Waals surface area (Å²) in [7, 11) is -2.27. The van der Waals surface area contributed by atoms with Crippen molar-refractivity contribution < 1.29 is 4.92 Å². The van der Waals surface area contributed by atoms with Crippen LogP contribution in [-0.2, 0) is 6.54 Å². The molecule has 0 aliphatic rings. The number of non-ortho nitro benzene ring substituents is 1. The van der Waals surface area contributed by atoms with Gasteiger partial charge in [0.25, 0.3) is 5.69 Å². The van der Waals surface area contributed by atoms with Crippen molar-refractivity contribution in [3.05, 3.63) is 204 Å². The highest BCUT2D eigenvalue weighted by atomic mass is 31.2. The SMILES string of the molecule is O=[N+]([O-])c1ccc(Cn2c(-c3ccc([P+](c4ccccc4)(c4ccccc4)c4ccccc4)cc3)nc3c4ccccc4c4ccccc4c32)cc1. The Kier molecular flexibility index (Phi) is 7.91. The molecule has 1 aromatic heterocycles. The lowest BCUT2D eigenvalue weighted by Crippen LogP contribution is -2.38. The topological polar surface area (TPSA) is 61.0 Å². The van der Waals surface area contributed by atoms with Crippen molar-refractivity contribution in [3.63, 3.8) is 0 Å². The van der Waals surface area contributed by atoms with Crippen molar-refractivity contribution in [1.29, 1.82) is 0 Å². The van der Waals surface area contributed by atoms with E-state index < -0.39 is 7.26 Å². The van der Waals surface area contributed by atoms with Crippen molar-refractivity contribution >= 4 is 66.7 Å². The van der Waals surface area contributed by atoms with Crippen molar-refractivity contribution in [3.8, 4) is 11.4 Å². The van der Waals surface area contributed by atoms with E-state index in [1.165, 1.54) is 26.6 Å². The zero-order chi connectivity index (χ0) is 35.1. The second kappa shape index (κ2) is 13.0. The van der Waals surface area contributed by atoms with Crippen LogP contribution >= 0.6 is 7.26 Å². The maximum atomic E-state index is 11.5. The molecule has 6 heteroatoms. The van der Waals surface area contributed by atoms with Crippen LogP contribution in [0.2, 0.25) is 0 Å². The summed E-state index contributed by atoms with van der Waals surface area (Å²) in [5.41, 5.74) is 4.03. The Morgan fingerprint density at radius 3 is 1.46 bits per heavy atom. The molecule has 0 N–H and O–H groups in total. The molecule has 0 saturated carbocycles. The van der Waals surface area contributed by atoms with Crippen LogP contribution in [0.3, 0.4) is 0 Å². The van der Waals surface area contributed by atoms with Gasteiger partial charge >= 0.3 is 0 Å². The number of hydrogen-bond acceptors (Lipinski definition) is 3. The number of fused-ring (bicyclic) bond motifs is 6. The molecule has 9 rings (SSSR count). The summed E-state index contributed by atoms with van der Waals surface area (Å²) >= 11 is 0. The van der Waals surface area contributed by atoms with Gasteiger partial charge in [0.2, 0.25) is 0 Å². The van der Waals surface area contributed by atoms with Gasteiger partial charge in [0.15, 0.2) is 0 Å². The molecule has 9 aromatic rings. The van der Waals surface area contributed by atoms with E-state index in [1.807, 2.05) is 12.1 Å². The van der Waals surface area contributed by atoms with Gasteiger partial charge in [0.1, 0.15) is 34.3 Å². The summed E-state index contributed by atoms with van der Waals surface area (Å²) in [6.45, 7) is 0.503. The molecule has 0 bridgehead atoms. The van der Waals surface area contributed by atoms with Crippen LogP contribution in [0.5, 0.6) is 0 Å². The van der Waals surface area contributed by atoms with Crippen molar-refractivity contribution in [2.75, 3.05) is 0 Å². The number of imidazole rings is 1. The van der Waals surface area contributed by atoms with Crippen LogP contribution in [0.15, 0.2) is 188 Å². The third kappa shape index (κ3) is 5.17. The van der Waals surface area contributed by atoms with E-state index in [0.717, 1.165) is 44.1 Å². The Morgan fingerprint density at radius 1 is 0.500 bits per heavy atom. The number of nitrogens with zero attached hydrogens (tertiary/aromatic N) is 3. The number of hydrogen-bond donors (Lipinski definition) is 0. The first-order chi connectivity index (χ1) is 25.6. The minimum absolute atomic E-state index is 0.0774. The van der Waals surface area contributed by atoms with E-state index in [-0.39, 0.29) is 10.6 Å². The molecular weight excluding hydrogens is 657 g/mol. The van der Waals surface area contributed by atoms with E-state index >= 15 is 0 Å². The maximum Gasteiger partial charge on any atom is 0.269 e. The van der Waals surface area contributed by atoms with Gasteiger partial charge in [-0.2, -0.15) is 0 Å². The number of benzene rings is 8. The summed E-state index contributed by atoms with van der Waals surface area (Å²) < 4.78 is 2.29. The Labute approximate surface area is 302 Å². The van der Waals surface area contributed by atoms with Crippen molar-refractivity contribution in [1.82, 2.24) is 9.55 Å². The lowest BCUT2D eigenvalue weighted by Gasteiger charge is -2.27. The Morgan fingerprint density at radius 2 is 0.942 bits per heavy atom. The standard InChI is InChI=1S/C46H33N3O2P/c50-49(51)35-28-24-33(25-29-35)32-48-45-43-23-13-11-21-41(43)40-20-10-12-22-42(40)44(45)47-46(48)34-26-30-39(31-27-34)52(36-14-4-1-5-15-36,37-16-6-2-7-17-37)38-18-8-3-9-19-38/h1-31H,32H2/q+1. The molecule has 0 radical (unpaired) electrons. The molecule has 0 aliphatic carbocycles. The predicted molar refractivity (Wildman–Crippen MR) is 217 cm³/mol. The minimum atomic E-state index is -2.27. The molecule has 0 saturated heterocycles. The molecular formula is C46H33N3O2P+. The van der Waals surface area contributed by atoms with Crippen LogP contribution in [0.1, 0.15) is 5.56 Å². The lowest BCUT2D eigenvalue weighted by molar-refractivity contribution is -0.384. The molecule has 0 atom stereocenters. The largest absolute Gasteiger partial charge is 0.319 e. The van der Waals surface area contributed by atoms with Gasteiger partial charge in [-0.05, 0) is 77.0 Å². The van der Waals surface area contributed by atoms with Crippen LogP contribution in [0, 0.1) is 10.1 Å². The van der Waals surface area contributed by atoms with Gasteiger partial charge in [0.05, 0.1) is 16.0 Å². The quantitative estimate of drug-likeness (QED) is 0.0691. The maximum absolute atomic E-state index is 11.5. The molecule has 5 nitrogen and oxygen atoms in total. The molecule has 0 aliphatic heterocycles. The Balaban J connectivity index is 1.29. The van der Waals surface area contributed by atoms with E-state index in [0.29, 0.717) is 6.54 Å². The summed E-state index contributed by atoms with van der Waals surface area (Å²) in [6, 6.07) is 65.5. The third-order valence-electron chi connectivity index (χ3n) is 10.1. The normalized spacial score (nSPS) is 11.7. The zero-order valence-electron chi connectivity index (χ0n) is 28.2. The molecule has 248 valence electrons. The number of rotatable bonds is 8. The first-order valence-electron chi connectivity index (χ1n) is 17.3. The average molecular weight is 691 g/mol. The molecule has 0 spiro atoms. The first kappa shape index (κ1) is 31.6. The average Bonchev–Trinajstić information content (AvgIpc) is 3.59. The fourth-order valence-corrected chi connectivity index (χ4v) is 12.0. The number of nitro benzene ring substituents is 1. The van der Waals surface area contributed by atoms with Crippen LogP contribution in [0.4, 0.5) is 5.69 Å². The Bertz CT molecular complexity index is 2610. The van der Waals surface area contributed by atoms with E-state index in [4.69, 9.17) is 4.98 Å². The molecule has 0 amide bonds. The van der Waals surface area contributed by atoms with Crippen molar-refractivity contribution in [2.45, 2.75) is 6.54 Å². The minimum Gasteiger partial charge on any atom is -0.319 e. The van der Waals surface area contributed by atoms with Crippen LogP contribution in [-0.4, -0.2) is 14.5 Å². The highest BCUT2D eigenvalue weighted by molar-refractivity contribution is 8.01. The van der Waals surface area contributed by atoms with E-state index in [9.17, 15) is 10.1 Å². The number of nitro groups is 1. The van der Waals surface area contributed by atoms with Gasteiger partial charge < -0.3 is 4.57 Å². The van der Waals surface area contributed by atoms with Gasteiger partial charge in [-0.25, -0.2) is 4.98 Å². The number of aromatic nitrogens is 2. The molecule has 52 heavy (non-hydrogen) atoms. The van der Waals surface area contributed by atoms with E-state index in [2.05, 4.69) is 168 Å². The van der Waals surface area contributed by atoms with Gasteiger partial charge in [-0.1, -0.05) is 115 Å². The summed E-state index contributed by atoms with van der Waals surface area (Å²) in [5, 5.41) is 21.2. The smallest absolute Gasteiger partial charge is 0.269 e. The summed E-state index contributed by atoms with van der Waals surface area (Å²) in [4.78, 5) is 16.6.